The van der Waals surface area contributed by atoms with Crippen LogP contribution in [0, 0.1) is 5.82 Å². The van der Waals surface area contributed by atoms with E-state index in [0.29, 0.717) is 19.0 Å². The standard InChI is InChI=1S/C15H19ClFN5O2/c1-10(14-21-18-9-22(14)7-4-8-24-2)19-15(23)20-12-6-3-5-11(16)13(12)17/h3,5-6,9-10H,4,7-8H2,1-2H3,(H2,19,20,23)/t10-/m1/s1. The van der Waals surface area contributed by atoms with Gasteiger partial charge in [0.25, 0.3) is 0 Å². The number of halogens is 2. The van der Waals surface area contributed by atoms with Gasteiger partial charge in [0.05, 0.1) is 16.8 Å². The molecule has 0 aliphatic carbocycles. The van der Waals surface area contributed by atoms with Crippen LogP contribution in [0.1, 0.15) is 25.2 Å². The van der Waals surface area contributed by atoms with Crippen LogP contribution in [0.25, 0.3) is 0 Å². The minimum Gasteiger partial charge on any atom is -0.385 e. The number of hydrogen-bond acceptors (Lipinski definition) is 4. The molecule has 1 aromatic heterocycles. The van der Waals surface area contributed by atoms with E-state index in [-0.39, 0.29) is 10.7 Å². The summed E-state index contributed by atoms with van der Waals surface area (Å²) in [7, 11) is 1.64. The number of anilines is 1. The molecule has 1 atom stereocenters. The molecule has 1 aromatic carbocycles. The predicted octanol–water partition coefficient (Wildman–Crippen LogP) is 2.99. The Balaban J connectivity index is 1.97. The van der Waals surface area contributed by atoms with Crippen molar-refractivity contribution < 1.29 is 13.9 Å². The Morgan fingerprint density at radius 1 is 1.50 bits per heavy atom. The summed E-state index contributed by atoms with van der Waals surface area (Å²) in [5.41, 5.74) is 0.00811. The van der Waals surface area contributed by atoms with E-state index in [1.54, 1.807) is 26.4 Å². The lowest BCUT2D eigenvalue weighted by molar-refractivity contribution is 0.189. The van der Waals surface area contributed by atoms with Crippen molar-refractivity contribution in [3.8, 4) is 0 Å². The number of methoxy groups -OCH3 is 1. The summed E-state index contributed by atoms with van der Waals surface area (Å²) in [4.78, 5) is 12.0. The fraction of sp³-hybridized carbons (Fsp3) is 0.400. The summed E-state index contributed by atoms with van der Waals surface area (Å²) in [5, 5.41) is 12.9. The lowest BCUT2D eigenvalue weighted by atomic mass is 10.3. The molecule has 130 valence electrons. The molecule has 0 radical (unpaired) electrons. The summed E-state index contributed by atoms with van der Waals surface area (Å²) in [6.45, 7) is 3.06. The molecule has 0 saturated heterocycles. The molecule has 0 saturated carbocycles. The van der Waals surface area contributed by atoms with Crippen LogP contribution < -0.4 is 10.6 Å². The Morgan fingerprint density at radius 2 is 2.29 bits per heavy atom. The van der Waals surface area contributed by atoms with Crippen LogP contribution >= 0.6 is 11.6 Å². The number of carbonyl (C=O) groups excluding carboxylic acids is 1. The molecule has 9 heteroatoms. The molecule has 0 spiro atoms. The maximum Gasteiger partial charge on any atom is 0.319 e. The first-order chi connectivity index (χ1) is 11.5. The van der Waals surface area contributed by atoms with Crippen molar-refractivity contribution in [3.05, 3.63) is 41.2 Å². The molecule has 2 amide bonds. The fourth-order valence-corrected chi connectivity index (χ4v) is 2.35. The first-order valence-corrected chi connectivity index (χ1v) is 7.79. The number of nitrogens with zero attached hydrogens (tertiary/aromatic N) is 3. The lowest BCUT2D eigenvalue weighted by Gasteiger charge is -2.15. The number of rotatable bonds is 7. The molecule has 1 heterocycles. The highest BCUT2D eigenvalue weighted by Gasteiger charge is 2.17. The van der Waals surface area contributed by atoms with Gasteiger partial charge in [0.2, 0.25) is 0 Å². The zero-order valence-corrected chi connectivity index (χ0v) is 14.2. The molecular formula is C15H19ClFN5O2. The van der Waals surface area contributed by atoms with Gasteiger partial charge in [-0.1, -0.05) is 17.7 Å². The minimum absolute atomic E-state index is 0.00811. The van der Waals surface area contributed by atoms with Crippen molar-refractivity contribution in [1.29, 1.82) is 0 Å². The van der Waals surface area contributed by atoms with E-state index in [1.807, 2.05) is 4.57 Å². The Labute approximate surface area is 144 Å². The predicted molar refractivity (Wildman–Crippen MR) is 88.5 cm³/mol. The molecule has 24 heavy (non-hydrogen) atoms. The third-order valence-electron chi connectivity index (χ3n) is 3.33. The molecule has 2 rings (SSSR count). The number of benzene rings is 1. The van der Waals surface area contributed by atoms with E-state index in [1.165, 1.54) is 12.1 Å². The second-order valence-corrected chi connectivity index (χ2v) is 5.56. The molecule has 0 unspecified atom stereocenters. The van der Waals surface area contributed by atoms with E-state index in [4.69, 9.17) is 16.3 Å². The van der Waals surface area contributed by atoms with Gasteiger partial charge < -0.3 is 19.9 Å². The van der Waals surface area contributed by atoms with Gasteiger partial charge in [0.15, 0.2) is 11.6 Å². The molecule has 7 nitrogen and oxygen atoms in total. The smallest absolute Gasteiger partial charge is 0.319 e. The van der Waals surface area contributed by atoms with Crippen LogP contribution in [0.5, 0.6) is 0 Å². The average molecular weight is 356 g/mol. The Bertz CT molecular complexity index is 694. The van der Waals surface area contributed by atoms with E-state index in [9.17, 15) is 9.18 Å². The minimum atomic E-state index is -0.676. The van der Waals surface area contributed by atoms with Gasteiger partial charge in [0.1, 0.15) is 6.33 Å². The monoisotopic (exact) mass is 355 g/mol. The van der Waals surface area contributed by atoms with Gasteiger partial charge in [-0.3, -0.25) is 0 Å². The SMILES string of the molecule is COCCCn1cnnc1[C@@H](C)NC(=O)Nc1cccc(Cl)c1F. The highest BCUT2D eigenvalue weighted by atomic mass is 35.5. The van der Waals surface area contributed by atoms with Gasteiger partial charge in [0, 0.05) is 20.3 Å². The normalized spacial score (nSPS) is 12.0. The topological polar surface area (TPSA) is 81.1 Å². The van der Waals surface area contributed by atoms with Crippen LogP contribution in [-0.4, -0.2) is 34.5 Å². The molecule has 0 bridgehead atoms. The van der Waals surface area contributed by atoms with E-state index < -0.39 is 17.9 Å². The van der Waals surface area contributed by atoms with Crippen LogP contribution in [0.15, 0.2) is 24.5 Å². The molecule has 0 aliphatic heterocycles. The van der Waals surface area contributed by atoms with Gasteiger partial charge in [-0.15, -0.1) is 10.2 Å². The maximum absolute atomic E-state index is 13.8. The molecule has 0 aliphatic rings. The van der Waals surface area contributed by atoms with Crippen molar-refractivity contribution in [3.63, 3.8) is 0 Å². The zero-order chi connectivity index (χ0) is 17.5. The van der Waals surface area contributed by atoms with Crippen molar-refractivity contribution in [2.24, 2.45) is 0 Å². The molecule has 0 fully saturated rings. The lowest BCUT2D eigenvalue weighted by Crippen LogP contribution is -2.33. The third-order valence-corrected chi connectivity index (χ3v) is 3.62. The van der Waals surface area contributed by atoms with Gasteiger partial charge >= 0.3 is 6.03 Å². The first-order valence-electron chi connectivity index (χ1n) is 7.41. The van der Waals surface area contributed by atoms with Crippen LogP contribution in [0.3, 0.4) is 0 Å². The van der Waals surface area contributed by atoms with Crippen molar-refractivity contribution in [2.45, 2.75) is 25.9 Å². The van der Waals surface area contributed by atoms with Gasteiger partial charge in [-0.05, 0) is 25.5 Å². The van der Waals surface area contributed by atoms with Gasteiger partial charge in [-0.2, -0.15) is 0 Å². The highest BCUT2D eigenvalue weighted by Crippen LogP contribution is 2.22. The molecule has 2 N–H and O–H groups in total. The van der Waals surface area contributed by atoms with Crippen LogP contribution in [0.4, 0.5) is 14.9 Å². The number of urea groups is 1. The van der Waals surface area contributed by atoms with E-state index >= 15 is 0 Å². The number of carbonyl (C=O) groups is 1. The molecular weight excluding hydrogens is 337 g/mol. The van der Waals surface area contributed by atoms with Crippen molar-refractivity contribution in [2.75, 3.05) is 19.0 Å². The summed E-state index contributed by atoms with van der Waals surface area (Å²) in [5.74, 6) is -0.0717. The third kappa shape index (κ3) is 4.65. The highest BCUT2D eigenvalue weighted by molar-refractivity contribution is 6.31. The largest absolute Gasteiger partial charge is 0.385 e. The second kappa shape index (κ2) is 8.60. The Morgan fingerprint density at radius 3 is 3.04 bits per heavy atom. The van der Waals surface area contributed by atoms with Crippen LogP contribution in [-0.2, 0) is 11.3 Å². The second-order valence-electron chi connectivity index (χ2n) is 5.15. The number of hydrogen-bond donors (Lipinski definition) is 2. The maximum atomic E-state index is 13.8. The van der Waals surface area contributed by atoms with Crippen molar-refractivity contribution >= 4 is 23.3 Å². The number of ether oxygens (including phenoxy) is 1. The zero-order valence-electron chi connectivity index (χ0n) is 13.4. The summed E-state index contributed by atoms with van der Waals surface area (Å²) in [6, 6.07) is 3.42. The number of aryl methyl sites for hydroxylation is 1. The number of amides is 2. The van der Waals surface area contributed by atoms with Crippen molar-refractivity contribution in [1.82, 2.24) is 20.1 Å². The Kier molecular flexibility index (Phi) is 6.51. The Hall–Kier alpha value is -2.19. The average Bonchev–Trinajstić information content (AvgIpc) is 3.00. The van der Waals surface area contributed by atoms with Gasteiger partial charge in [-0.25, -0.2) is 9.18 Å². The quantitative estimate of drug-likeness (QED) is 0.748. The summed E-state index contributed by atoms with van der Waals surface area (Å²) >= 11 is 5.69. The fourth-order valence-electron chi connectivity index (χ4n) is 2.17. The summed E-state index contributed by atoms with van der Waals surface area (Å²) < 4.78 is 20.6. The first kappa shape index (κ1) is 18.2. The molecule has 2 aromatic rings. The van der Waals surface area contributed by atoms with Crippen LogP contribution in [0.2, 0.25) is 5.02 Å². The van der Waals surface area contributed by atoms with E-state index in [2.05, 4.69) is 20.8 Å². The number of aromatic nitrogens is 3. The number of nitrogens with one attached hydrogen (secondary N) is 2. The summed E-state index contributed by atoms with van der Waals surface area (Å²) in [6.07, 6.45) is 2.39. The van der Waals surface area contributed by atoms with E-state index in [0.717, 1.165) is 6.42 Å².